The van der Waals surface area contributed by atoms with Crippen LogP contribution < -0.4 is 0 Å². The molecular weight excluding hydrogens is 262 g/mol. The van der Waals surface area contributed by atoms with Crippen LogP contribution >= 0.6 is 11.6 Å². The number of nitrogens with zero attached hydrogens (tertiary/aromatic N) is 1. The van der Waals surface area contributed by atoms with Crippen molar-refractivity contribution in [2.24, 2.45) is 5.92 Å². The zero-order valence-corrected chi connectivity index (χ0v) is 10.2. The number of hydrogen-bond acceptors (Lipinski definition) is 4. The first kappa shape index (κ1) is 14.1. The first-order valence-electron chi connectivity index (χ1n) is 5.03. The number of carbonyl (C=O) groups is 2. The minimum Gasteiger partial charge on any atom is -0.481 e. The lowest BCUT2D eigenvalue weighted by molar-refractivity contribution is -0.384. The summed E-state index contributed by atoms with van der Waals surface area (Å²) >= 11 is 5.61. The summed E-state index contributed by atoms with van der Waals surface area (Å²) in [7, 11) is 0. The molecule has 0 saturated heterocycles. The van der Waals surface area contributed by atoms with Crippen molar-refractivity contribution >= 4 is 29.0 Å². The Labute approximate surface area is 107 Å². The number of nitro groups is 1. The van der Waals surface area contributed by atoms with Gasteiger partial charge in [0, 0.05) is 17.5 Å². The summed E-state index contributed by atoms with van der Waals surface area (Å²) in [5.74, 6) is -2.31. The van der Waals surface area contributed by atoms with Gasteiger partial charge in [0.1, 0.15) is 5.02 Å². The number of carboxylic acid groups (broad SMARTS) is 1. The Kier molecular flexibility index (Phi) is 4.38. The SMILES string of the molecule is C[C@@H](CC(=O)O)C(=O)c1ccc(Cl)c([N+](=O)[O-])c1. The lowest BCUT2D eigenvalue weighted by Gasteiger charge is -2.07. The monoisotopic (exact) mass is 271 g/mol. The van der Waals surface area contributed by atoms with Gasteiger partial charge in [-0.05, 0) is 12.1 Å². The van der Waals surface area contributed by atoms with Crippen molar-refractivity contribution in [1.29, 1.82) is 0 Å². The first-order chi connectivity index (χ1) is 8.32. The highest BCUT2D eigenvalue weighted by Crippen LogP contribution is 2.26. The molecule has 96 valence electrons. The van der Waals surface area contributed by atoms with Crippen LogP contribution in [0.15, 0.2) is 18.2 Å². The number of Topliss-reactive ketones (excluding diaryl/α,β-unsaturated/α-hetero) is 1. The van der Waals surface area contributed by atoms with Gasteiger partial charge in [0.05, 0.1) is 11.3 Å². The number of aliphatic carboxylic acids is 1. The smallest absolute Gasteiger partial charge is 0.304 e. The summed E-state index contributed by atoms with van der Waals surface area (Å²) in [6.45, 7) is 1.46. The number of hydrogen-bond donors (Lipinski definition) is 1. The molecule has 7 heteroatoms. The molecule has 1 N–H and O–H groups in total. The minimum absolute atomic E-state index is 0.0672. The Balaban J connectivity index is 3.03. The summed E-state index contributed by atoms with van der Waals surface area (Å²) < 4.78 is 0. The van der Waals surface area contributed by atoms with Gasteiger partial charge in [-0.3, -0.25) is 19.7 Å². The molecule has 6 nitrogen and oxygen atoms in total. The van der Waals surface area contributed by atoms with Crippen molar-refractivity contribution < 1.29 is 19.6 Å². The van der Waals surface area contributed by atoms with E-state index in [9.17, 15) is 19.7 Å². The molecule has 1 atom stereocenters. The third kappa shape index (κ3) is 3.27. The van der Waals surface area contributed by atoms with Crippen LogP contribution in [0.2, 0.25) is 5.02 Å². The molecule has 0 unspecified atom stereocenters. The third-order valence-electron chi connectivity index (χ3n) is 2.36. The Morgan fingerprint density at radius 1 is 1.50 bits per heavy atom. The third-order valence-corrected chi connectivity index (χ3v) is 2.68. The molecular formula is C11H10ClNO5. The molecule has 1 rings (SSSR count). The Bertz CT molecular complexity index is 514. The van der Waals surface area contributed by atoms with E-state index in [0.717, 1.165) is 6.07 Å². The fraction of sp³-hybridized carbons (Fsp3) is 0.273. The van der Waals surface area contributed by atoms with Crippen LogP contribution in [0.5, 0.6) is 0 Å². The fourth-order valence-electron chi connectivity index (χ4n) is 1.44. The van der Waals surface area contributed by atoms with E-state index in [1.54, 1.807) is 0 Å². The van der Waals surface area contributed by atoms with Crippen molar-refractivity contribution in [1.82, 2.24) is 0 Å². The Hall–Kier alpha value is -1.95. The maximum absolute atomic E-state index is 11.8. The molecule has 0 aromatic heterocycles. The molecule has 0 radical (unpaired) electrons. The summed E-state index contributed by atoms with van der Waals surface area (Å²) in [6.07, 6.45) is -0.324. The van der Waals surface area contributed by atoms with Gasteiger partial charge in [0.25, 0.3) is 5.69 Å². The van der Waals surface area contributed by atoms with Gasteiger partial charge in [0.2, 0.25) is 0 Å². The van der Waals surface area contributed by atoms with Crippen LogP contribution in [0, 0.1) is 16.0 Å². The van der Waals surface area contributed by atoms with Gasteiger partial charge >= 0.3 is 5.97 Å². The van der Waals surface area contributed by atoms with Crippen LogP contribution in [0.1, 0.15) is 23.7 Å². The number of ketones is 1. The van der Waals surface area contributed by atoms with Crippen molar-refractivity contribution in [2.45, 2.75) is 13.3 Å². The van der Waals surface area contributed by atoms with E-state index in [4.69, 9.17) is 16.7 Å². The second kappa shape index (κ2) is 5.59. The zero-order valence-electron chi connectivity index (χ0n) is 9.42. The number of carbonyl (C=O) groups excluding carboxylic acids is 1. The van der Waals surface area contributed by atoms with E-state index in [1.165, 1.54) is 19.1 Å². The van der Waals surface area contributed by atoms with Gasteiger partial charge in [-0.15, -0.1) is 0 Å². The predicted octanol–water partition coefficient (Wildman–Crippen LogP) is 2.54. The van der Waals surface area contributed by atoms with Gasteiger partial charge in [-0.1, -0.05) is 18.5 Å². The Morgan fingerprint density at radius 2 is 2.11 bits per heavy atom. The lowest BCUT2D eigenvalue weighted by atomic mass is 9.96. The van der Waals surface area contributed by atoms with E-state index in [-0.39, 0.29) is 22.7 Å². The second-order valence-corrected chi connectivity index (χ2v) is 4.19. The molecule has 0 aliphatic rings. The lowest BCUT2D eigenvalue weighted by Crippen LogP contribution is -2.15. The number of halogens is 1. The van der Waals surface area contributed by atoms with Gasteiger partial charge in [-0.25, -0.2) is 0 Å². The van der Waals surface area contributed by atoms with Crippen LogP contribution in [0.4, 0.5) is 5.69 Å². The summed E-state index contributed by atoms with van der Waals surface area (Å²) in [4.78, 5) is 32.3. The minimum atomic E-state index is -1.10. The molecule has 1 aromatic rings. The van der Waals surface area contributed by atoms with E-state index in [0.29, 0.717) is 0 Å². The molecule has 0 fully saturated rings. The number of rotatable bonds is 5. The fourth-order valence-corrected chi connectivity index (χ4v) is 1.63. The predicted molar refractivity (Wildman–Crippen MR) is 63.9 cm³/mol. The molecule has 0 amide bonds. The molecule has 0 spiro atoms. The number of carboxylic acids is 1. The van der Waals surface area contributed by atoms with E-state index < -0.39 is 22.6 Å². The topological polar surface area (TPSA) is 97.5 Å². The standard InChI is InChI=1S/C11H10ClNO5/c1-6(4-10(14)15)11(16)7-2-3-8(12)9(5-7)13(17)18/h2-3,5-6H,4H2,1H3,(H,14,15)/t6-/m0/s1. The Morgan fingerprint density at radius 3 is 2.61 bits per heavy atom. The van der Waals surface area contributed by atoms with Crippen LogP contribution in [0.3, 0.4) is 0 Å². The molecule has 18 heavy (non-hydrogen) atoms. The number of benzene rings is 1. The van der Waals surface area contributed by atoms with Crippen molar-refractivity contribution in [3.63, 3.8) is 0 Å². The highest BCUT2D eigenvalue weighted by atomic mass is 35.5. The molecule has 0 aliphatic heterocycles. The molecule has 0 aliphatic carbocycles. The summed E-state index contributed by atoms with van der Waals surface area (Å²) in [6, 6.07) is 3.65. The summed E-state index contributed by atoms with van der Waals surface area (Å²) in [5.41, 5.74) is -0.287. The van der Waals surface area contributed by atoms with Crippen LogP contribution in [-0.2, 0) is 4.79 Å². The van der Waals surface area contributed by atoms with Crippen molar-refractivity contribution in [3.8, 4) is 0 Å². The van der Waals surface area contributed by atoms with Crippen molar-refractivity contribution in [3.05, 3.63) is 38.9 Å². The second-order valence-electron chi connectivity index (χ2n) is 3.79. The highest BCUT2D eigenvalue weighted by molar-refractivity contribution is 6.32. The van der Waals surface area contributed by atoms with Gasteiger partial charge in [0.15, 0.2) is 5.78 Å². The van der Waals surface area contributed by atoms with E-state index >= 15 is 0 Å². The average molecular weight is 272 g/mol. The number of nitro benzene ring substituents is 1. The highest BCUT2D eigenvalue weighted by Gasteiger charge is 2.21. The molecule has 0 heterocycles. The normalized spacial score (nSPS) is 11.9. The summed E-state index contributed by atoms with van der Waals surface area (Å²) in [5, 5.41) is 19.2. The maximum Gasteiger partial charge on any atom is 0.304 e. The molecule has 0 bridgehead atoms. The molecule has 1 aromatic carbocycles. The first-order valence-corrected chi connectivity index (χ1v) is 5.40. The van der Waals surface area contributed by atoms with Crippen molar-refractivity contribution in [2.75, 3.05) is 0 Å². The average Bonchev–Trinajstić information content (AvgIpc) is 2.27. The van der Waals surface area contributed by atoms with E-state index in [2.05, 4.69) is 0 Å². The zero-order chi connectivity index (χ0) is 13.9. The van der Waals surface area contributed by atoms with E-state index in [1.807, 2.05) is 0 Å². The maximum atomic E-state index is 11.8. The quantitative estimate of drug-likeness (QED) is 0.504. The van der Waals surface area contributed by atoms with Gasteiger partial charge < -0.3 is 5.11 Å². The van der Waals surface area contributed by atoms with Gasteiger partial charge in [-0.2, -0.15) is 0 Å². The molecule has 0 saturated carbocycles. The largest absolute Gasteiger partial charge is 0.481 e. The van der Waals surface area contributed by atoms with Crippen LogP contribution in [0.25, 0.3) is 0 Å². The van der Waals surface area contributed by atoms with Crippen LogP contribution in [-0.4, -0.2) is 21.8 Å².